The highest BCUT2D eigenvalue weighted by Gasteiger charge is 2.31. The summed E-state index contributed by atoms with van der Waals surface area (Å²) in [6.45, 7) is 1.55. The third-order valence-electron chi connectivity index (χ3n) is 3.00. The number of halogens is 3. The second-order valence-electron chi connectivity index (χ2n) is 5.01. The van der Waals surface area contributed by atoms with Gasteiger partial charge in [-0.3, -0.25) is 4.79 Å². The molecule has 124 valence electrons. The average Bonchev–Trinajstić information content (AvgIpc) is 2.99. The van der Waals surface area contributed by atoms with Crippen LogP contribution in [0.1, 0.15) is 22.2 Å². The quantitative estimate of drug-likeness (QED) is 0.874. The SMILES string of the molecule is C[C@](O)(CNC(=O)c1ccc(OC(F)(F)F)cc1)c1cccs1. The molecular formula is C15H14F3NO3S. The van der Waals surface area contributed by atoms with Gasteiger partial charge in [-0.25, -0.2) is 0 Å². The van der Waals surface area contributed by atoms with Gasteiger partial charge in [-0.15, -0.1) is 24.5 Å². The molecule has 0 radical (unpaired) electrons. The monoisotopic (exact) mass is 345 g/mol. The van der Waals surface area contributed by atoms with E-state index in [1.807, 2.05) is 5.38 Å². The molecule has 1 aromatic carbocycles. The van der Waals surface area contributed by atoms with Crippen molar-refractivity contribution in [3.8, 4) is 5.75 Å². The number of benzene rings is 1. The van der Waals surface area contributed by atoms with E-state index in [-0.39, 0.29) is 12.1 Å². The number of ether oxygens (including phenoxy) is 1. The summed E-state index contributed by atoms with van der Waals surface area (Å²) in [5, 5.41) is 14.7. The minimum absolute atomic E-state index is 0.0207. The van der Waals surface area contributed by atoms with Crippen LogP contribution in [0.25, 0.3) is 0 Å². The topological polar surface area (TPSA) is 58.6 Å². The van der Waals surface area contributed by atoms with Crippen molar-refractivity contribution >= 4 is 17.2 Å². The van der Waals surface area contributed by atoms with E-state index in [1.54, 1.807) is 19.1 Å². The summed E-state index contributed by atoms with van der Waals surface area (Å²) in [6, 6.07) is 8.09. The Labute approximate surface area is 134 Å². The van der Waals surface area contributed by atoms with Gasteiger partial charge in [0.25, 0.3) is 5.91 Å². The number of hydrogen-bond acceptors (Lipinski definition) is 4. The fourth-order valence-electron chi connectivity index (χ4n) is 1.83. The van der Waals surface area contributed by atoms with E-state index in [0.29, 0.717) is 4.88 Å². The number of aliphatic hydroxyl groups is 1. The van der Waals surface area contributed by atoms with E-state index in [4.69, 9.17) is 0 Å². The van der Waals surface area contributed by atoms with Crippen molar-refractivity contribution in [1.82, 2.24) is 5.32 Å². The van der Waals surface area contributed by atoms with Crippen LogP contribution < -0.4 is 10.1 Å². The van der Waals surface area contributed by atoms with Crippen molar-refractivity contribution in [2.45, 2.75) is 18.9 Å². The predicted molar refractivity (Wildman–Crippen MR) is 79.3 cm³/mol. The van der Waals surface area contributed by atoms with Gasteiger partial charge in [0.05, 0.1) is 6.54 Å². The summed E-state index contributed by atoms with van der Waals surface area (Å²) in [6.07, 6.45) is -4.77. The van der Waals surface area contributed by atoms with Crippen LogP contribution in [-0.4, -0.2) is 23.9 Å². The van der Waals surface area contributed by atoms with Crippen LogP contribution in [0.2, 0.25) is 0 Å². The molecule has 0 fully saturated rings. The summed E-state index contributed by atoms with van der Waals surface area (Å²) >= 11 is 1.36. The zero-order valence-electron chi connectivity index (χ0n) is 12.1. The van der Waals surface area contributed by atoms with Gasteiger partial charge in [0.2, 0.25) is 0 Å². The third kappa shape index (κ3) is 4.97. The number of carbonyl (C=O) groups excluding carboxylic acids is 1. The van der Waals surface area contributed by atoms with E-state index >= 15 is 0 Å². The van der Waals surface area contributed by atoms with Crippen LogP contribution in [0.4, 0.5) is 13.2 Å². The van der Waals surface area contributed by atoms with Gasteiger partial charge in [-0.2, -0.15) is 0 Å². The zero-order chi connectivity index (χ0) is 17.1. The van der Waals surface area contributed by atoms with E-state index in [0.717, 1.165) is 12.1 Å². The summed E-state index contributed by atoms with van der Waals surface area (Å²) in [7, 11) is 0. The fourth-order valence-corrected chi connectivity index (χ4v) is 2.62. The number of nitrogens with one attached hydrogen (secondary N) is 1. The predicted octanol–water partition coefficient (Wildman–Crippen LogP) is 3.28. The van der Waals surface area contributed by atoms with Gasteiger partial charge >= 0.3 is 6.36 Å². The highest BCUT2D eigenvalue weighted by molar-refractivity contribution is 7.10. The molecule has 0 bridgehead atoms. The van der Waals surface area contributed by atoms with Crippen LogP contribution in [0.3, 0.4) is 0 Å². The van der Waals surface area contributed by atoms with Gasteiger partial charge in [0.15, 0.2) is 0 Å². The Morgan fingerprint density at radius 1 is 1.26 bits per heavy atom. The third-order valence-corrected chi connectivity index (χ3v) is 4.12. The Morgan fingerprint density at radius 3 is 2.43 bits per heavy atom. The van der Waals surface area contributed by atoms with Crippen molar-refractivity contribution in [1.29, 1.82) is 0 Å². The van der Waals surface area contributed by atoms with Crippen molar-refractivity contribution < 1.29 is 27.8 Å². The second kappa shape index (κ2) is 6.59. The highest BCUT2D eigenvalue weighted by atomic mass is 32.1. The molecule has 1 amide bonds. The molecule has 0 saturated carbocycles. The van der Waals surface area contributed by atoms with Gasteiger partial charge < -0.3 is 15.2 Å². The molecule has 0 spiro atoms. The first-order valence-electron chi connectivity index (χ1n) is 6.58. The summed E-state index contributed by atoms with van der Waals surface area (Å²) in [4.78, 5) is 12.7. The van der Waals surface area contributed by atoms with Crippen molar-refractivity contribution in [2.24, 2.45) is 0 Å². The first-order chi connectivity index (χ1) is 10.7. The van der Waals surface area contributed by atoms with Crippen molar-refractivity contribution in [2.75, 3.05) is 6.54 Å². The molecule has 0 unspecified atom stereocenters. The number of thiophene rings is 1. The first kappa shape index (κ1) is 17.3. The van der Waals surface area contributed by atoms with Crippen molar-refractivity contribution in [3.63, 3.8) is 0 Å². The molecule has 4 nitrogen and oxygen atoms in total. The summed E-state index contributed by atoms with van der Waals surface area (Å²) < 4.78 is 39.9. The molecule has 23 heavy (non-hydrogen) atoms. The number of amides is 1. The van der Waals surface area contributed by atoms with Gasteiger partial charge in [0.1, 0.15) is 11.4 Å². The van der Waals surface area contributed by atoms with Crippen LogP contribution in [0.5, 0.6) is 5.75 Å². The smallest absolute Gasteiger partial charge is 0.406 e. The van der Waals surface area contributed by atoms with E-state index < -0.39 is 23.6 Å². The summed E-state index contributed by atoms with van der Waals surface area (Å²) in [5.41, 5.74) is -1.05. The molecule has 1 heterocycles. The van der Waals surface area contributed by atoms with Crippen LogP contribution in [0, 0.1) is 0 Å². The second-order valence-corrected chi connectivity index (χ2v) is 5.95. The molecule has 0 aliphatic heterocycles. The Bertz CT molecular complexity index is 652. The van der Waals surface area contributed by atoms with Crippen molar-refractivity contribution in [3.05, 3.63) is 52.2 Å². The fraction of sp³-hybridized carbons (Fsp3) is 0.267. The largest absolute Gasteiger partial charge is 0.573 e. The molecule has 0 aliphatic rings. The first-order valence-corrected chi connectivity index (χ1v) is 7.46. The molecule has 0 saturated heterocycles. The van der Waals surface area contributed by atoms with Gasteiger partial charge in [-0.05, 0) is 42.6 Å². The van der Waals surface area contributed by atoms with E-state index in [1.165, 1.54) is 23.5 Å². The normalized spacial score (nSPS) is 14.1. The Hall–Kier alpha value is -2.06. The molecule has 2 N–H and O–H groups in total. The highest BCUT2D eigenvalue weighted by Crippen LogP contribution is 2.25. The Balaban J connectivity index is 1.96. The molecule has 2 rings (SSSR count). The number of alkyl halides is 3. The Kier molecular flexibility index (Phi) is 4.96. The zero-order valence-corrected chi connectivity index (χ0v) is 12.9. The molecule has 1 aromatic heterocycles. The molecule has 8 heteroatoms. The molecule has 1 atom stereocenters. The lowest BCUT2D eigenvalue weighted by atomic mass is 10.1. The van der Waals surface area contributed by atoms with Crippen LogP contribution >= 0.6 is 11.3 Å². The maximum Gasteiger partial charge on any atom is 0.573 e. The number of carbonyl (C=O) groups is 1. The average molecular weight is 345 g/mol. The lowest BCUT2D eigenvalue weighted by Crippen LogP contribution is -2.38. The number of rotatable bonds is 5. The van der Waals surface area contributed by atoms with Crippen LogP contribution in [-0.2, 0) is 5.60 Å². The van der Waals surface area contributed by atoms with Gasteiger partial charge in [0, 0.05) is 10.4 Å². The van der Waals surface area contributed by atoms with Gasteiger partial charge in [-0.1, -0.05) is 6.07 Å². The number of hydrogen-bond donors (Lipinski definition) is 2. The van der Waals surface area contributed by atoms with E-state index in [2.05, 4.69) is 10.1 Å². The maximum atomic E-state index is 12.1. The van der Waals surface area contributed by atoms with Crippen LogP contribution in [0.15, 0.2) is 41.8 Å². The molecule has 0 aliphatic carbocycles. The Morgan fingerprint density at radius 2 is 1.91 bits per heavy atom. The molecular weight excluding hydrogens is 331 g/mol. The minimum atomic E-state index is -4.77. The summed E-state index contributed by atoms with van der Waals surface area (Å²) in [5.74, 6) is -0.903. The lowest BCUT2D eigenvalue weighted by molar-refractivity contribution is -0.274. The molecule has 2 aromatic rings. The lowest BCUT2D eigenvalue weighted by Gasteiger charge is -2.22. The standard InChI is InChI=1S/C15H14F3NO3S/c1-14(21,12-3-2-8-23-12)9-19-13(20)10-4-6-11(7-5-10)22-15(16,17)18/h2-8,21H,9H2,1H3,(H,19,20)/t14-/m0/s1. The van der Waals surface area contributed by atoms with E-state index in [9.17, 15) is 23.1 Å². The minimum Gasteiger partial charge on any atom is -0.406 e. The maximum absolute atomic E-state index is 12.1.